The minimum Gasteiger partial charge on any atom is -0.338 e. The number of rotatable bonds is 8. The predicted molar refractivity (Wildman–Crippen MR) is 90.4 cm³/mol. The van der Waals surface area contributed by atoms with Crippen LogP contribution in [0.15, 0.2) is 33.3 Å². The summed E-state index contributed by atoms with van der Waals surface area (Å²) < 4.78 is 30.7. The highest BCUT2D eigenvalue weighted by atomic mass is 79.9. The van der Waals surface area contributed by atoms with Gasteiger partial charge in [-0.1, -0.05) is 33.2 Å². The lowest BCUT2D eigenvalue weighted by Gasteiger charge is -2.13. The zero-order valence-corrected chi connectivity index (χ0v) is 15.4. The van der Waals surface area contributed by atoms with Crippen molar-refractivity contribution in [2.75, 3.05) is 26.4 Å². The van der Waals surface area contributed by atoms with Crippen molar-refractivity contribution in [3.05, 3.63) is 46.0 Å². The first-order valence-corrected chi connectivity index (χ1v) is 9.69. The van der Waals surface area contributed by atoms with E-state index in [4.69, 9.17) is 4.52 Å². The van der Waals surface area contributed by atoms with E-state index in [-0.39, 0.29) is 0 Å². The molecule has 0 unspecified atom stereocenters. The van der Waals surface area contributed by atoms with Crippen molar-refractivity contribution < 1.29 is 12.9 Å². The van der Waals surface area contributed by atoms with Gasteiger partial charge in [-0.2, -0.15) is 4.98 Å². The fourth-order valence-corrected chi connectivity index (χ4v) is 2.90. The Balaban J connectivity index is 1.84. The molecule has 0 aliphatic heterocycles. The third-order valence-electron chi connectivity index (χ3n) is 3.02. The molecule has 1 aromatic carbocycles. The summed E-state index contributed by atoms with van der Waals surface area (Å²) in [6.45, 7) is 1.36. The van der Waals surface area contributed by atoms with Crippen LogP contribution in [0.25, 0.3) is 0 Å². The van der Waals surface area contributed by atoms with E-state index in [0.29, 0.717) is 37.8 Å². The normalized spacial score (nSPS) is 12.0. The number of hydrogen-bond donors (Lipinski definition) is 1. The maximum absolute atomic E-state index is 11.0. The lowest BCUT2D eigenvalue weighted by Crippen LogP contribution is -2.32. The van der Waals surface area contributed by atoms with E-state index in [1.807, 2.05) is 36.2 Å². The van der Waals surface area contributed by atoms with Crippen LogP contribution in [0.1, 0.15) is 17.3 Å². The van der Waals surface area contributed by atoms with Crippen LogP contribution in [0.3, 0.4) is 0 Å². The summed E-state index contributed by atoms with van der Waals surface area (Å²) in [5, 5.41) is 3.97. The number of nitrogens with one attached hydrogen (secondary N) is 1. The van der Waals surface area contributed by atoms with Gasteiger partial charge in [-0.25, -0.2) is 13.1 Å². The van der Waals surface area contributed by atoms with E-state index >= 15 is 0 Å². The molecule has 23 heavy (non-hydrogen) atoms. The van der Waals surface area contributed by atoms with E-state index in [1.165, 1.54) is 0 Å². The second-order valence-corrected chi connectivity index (χ2v) is 8.06. The molecular weight excluding hydrogens is 384 g/mol. The number of aromatic nitrogens is 2. The van der Waals surface area contributed by atoms with Crippen LogP contribution in [0, 0.1) is 0 Å². The highest BCUT2D eigenvalue weighted by molar-refractivity contribution is 9.10. The summed E-state index contributed by atoms with van der Waals surface area (Å²) in [4.78, 5) is 6.27. The van der Waals surface area contributed by atoms with Crippen molar-refractivity contribution in [1.29, 1.82) is 0 Å². The van der Waals surface area contributed by atoms with Crippen LogP contribution in [0.4, 0.5) is 0 Å². The maximum atomic E-state index is 11.0. The lowest BCUT2D eigenvalue weighted by atomic mass is 10.1. The number of likely N-dealkylation sites (N-methyl/N-ethyl adjacent to an activating group) is 1. The minimum atomic E-state index is -3.16. The number of nitrogens with zero attached hydrogens (tertiary/aromatic N) is 3. The number of benzene rings is 1. The Labute approximate surface area is 144 Å². The Morgan fingerprint density at radius 2 is 2.17 bits per heavy atom. The first-order valence-electron chi connectivity index (χ1n) is 7.01. The zero-order valence-electron chi connectivity index (χ0n) is 13.0. The standard InChI is InChI=1S/C14H19BrN4O3S/c1-19(7-6-16-23(2,20)21)10-14-17-13(18-22-14)9-11-4-3-5-12(15)8-11/h3-5,8,16H,6-7,9-10H2,1-2H3. The quantitative estimate of drug-likeness (QED) is 0.717. The van der Waals surface area contributed by atoms with Crippen molar-refractivity contribution in [3.63, 3.8) is 0 Å². The first kappa shape index (κ1) is 18.1. The zero-order chi connectivity index (χ0) is 16.9. The average molecular weight is 403 g/mol. The molecule has 2 aromatic rings. The van der Waals surface area contributed by atoms with E-state index in [0.717, 1.165) is 16.3 Å². The largest absolute Gasteiger partial charge is 0.338 e. The van der Waals surface area contributed by atoms with Crippen molar-refractivity contribution in [3.8, 4) is 0 Å². The molecule has 0 saturated heterocycles. The Bertz CT molecular complexity index is 748. The van der Waals surface area contributed by atoms with Gasteiger partial charge < -0.3 is 4.52 Å². The summed E-state index contributed by atoms with van der Waals surface area (Å²) in [6, 6.07) is 7.94. The summed E-state index contributed by atoms with van der Waals surface area (Å²) in [6.07, 6.45) is 1.74. The second kappa shape index (κ2) is 8.00. The third-order valence-corrected chi connectivity index (χ3v) is 4.25. The summed E-state index contributed by atoms with van der Waals surface area (Å²) in [7, 11) is -1.30. The molecule has 0 amide bonds. The molecule has 0 aliphatic rings. The molecule has 1 aromatic heterocycles. The molecule has 126 valence electrons. The fraction of sp³-hybridized carbons (Fsp3) is 0.429. The van der Waals surface area contributed by atoms with Crippen LogP contribution in [-0.4, -0.2) is 49.9 Å². The van der Waals surface area contributed by atoms with Crippen LogP contribution in [-0.2, 0) is 23.0 Å². The summed E-state index contributed by atoms with van der Waals surface area (Å²) >= 11 is 3.43. The third kappa shape index (κ3) is 6.78. The summed E-state index contributed by atoms with van der Waals surface area (Å²) in [5.41, 5.74) is 1.09. The smallest absolute Gasteiger partial charge is 0.240 e. The molecule has 0 fully saturated rings. The number of sulfonamides is 1. The highest BCUT2D eigenvalue weighted by Crippen LogP contribution is 2.14. The van der Waals surface area contributed by atoms with Crippen molar-refractivity contribution in [2.45, 2.75) is 13.0 Å². The van der Waals surface area contributed by atoms with Gasteiger partial charge >= 0.3 is 0 Å². The average Bonchev–Trinajstić information content (AvgIpc) is 2.84. The molecule has 0 saturated carbocycles. The van der Waals surface area contributed by atoms with E-state index < -0.39 is 10.0 Å². The van der Waals surface area contributed by atoms with E-state index in [1.54, 1.807) is 0 Å². The first-order chi connectivity index (χ1) is 10.8. The number of halogens is 1. The van der Waals surface area contributed by atoms with Crippen molar-refractivity contribution in [1.82, 2.24) is 19.8 Å². The highest BCUT2D eigenvalue weighted by Gasteiger charge is 2.10. The molecule has 0 radical (unpaired) electrons. The Morgan fingerprint density at radius 1 is 1.39 bits per heavy atom. The molecule has 1 heterocycles. The monoisotopic (exact) mass is 402 g/mol. The second-order valence-electron chi connectivity index (χ2n) is 5.32. The van der Waals surface area contributed by atoms with Gasteiger partial charge in [0.15, 0.2) is 5.82 Å². The Morgan fingerprint density at radius 3 is 2.87 bits per heavy atom. The Kier molecular flexibility index (Phi) is 6.28. The van der Waals surface area contributed by atoms with Gasteiger partial charge in [0.1, 0.15) is 0 Å². The van der Waals surface area contributed by atoms with Crippen LogP contribution in [0.2, 0.25) is 0 Å². The molecule has 9 heteroatoms. The van der Waals surface area contributed by atoms with Crippen LogP contribution < -0.4 is 4.72 Å². The van der Waals surface area contributed by atoms with Gasteiger partial charge in [-0.15, -0.1) is 0 Å². The number of hydrogen-bond acceptors (Lipinski definition) is 6. The van der Waals surface area contributed by atoms with Gasteiger partial charge in [0.2, 0.25) is 15.9 Å². The van der Waals surface area contributed by atoms with Crippen LogP contribution in [0.5, 0.6) is 0 Å². The molecule has 0 spiro atoms. The van der Waals surface area contributed by atoms with E-state index in [9.17, 15) is 8.42 Å². The van der Waals surface area contributed by atoms with Crippen LogP contribution >= 0.6 is 15.9 Å². The molecule has 0 atom stereocenters. The van der Waals surface area contributed by atoms with Gasteiger partial charge in [0.25, 0.3) is 0 Å². The summed E-state index contributed by atoms with van der Waals surface area (Å²) in [5.74, 6) is 1.14. The molecule has 1 N–H and O–H groups in total. The van der Waals surface area contributed by atoms with Gasteiger partial charge in [-0.3, -0.25) is 4.90 Å². The predicted octanol–water partition coefficient (Wildman–Crippen LogP) is 1.40. The van der Waals surface area contributed by atoms with Crippen molar-refractivity contribution >= 4 is 26.0 Å². The van der Waals surface area contributed by atoms with Gasteiger partial charge in [-0.05, 0) is 24.7 Å². The van der Waals surface area contributed by atoms with Gasteiger partial charge in [0, 0.05) is 24.0 Å². The van der Waals surface area contributed by atoms with Crippen molar-refractivity contribution in [2.24, 2.45) is 0 Å². The molecule has 0 bridgehead atoms. The molecular formula is C14H19BrN4O3S. The maximum Gasteiger partial charge on any atom is 0.240 e. The Hall–Kier alpha value is -1.29. The topological polar surface area (TPSA) is 88.3 Å². The fourth-order valence-electron chi connectivity index (χ4n) is 1.99. The molecule has 0 aliphatic carbocycles. The SMILES string of the molecule is CN(CCNS(C)(=O)=O)Cc1nc(Cc2cccc(Br)c2)no1. The molecule has 2 rings (SSSR count). The van der Waals surface area contributed by atoms with Gasteiger partial charge in [0.05, 0.1) is 12.8 Å². The molecule has 7 nitrogen and oxygen atoms in total. The lowest BCUT2D eigenvalue weighted by molar-refractivity contribution is 0.269. The minimum absolute atomic E-state index is 0.342. The van der Waals surface area contributed by atoms with E-state index in [2.05, 4.69) is 30.8 Å².